The van der Waals surface area contributed by atoms with Gasteiger partial charge in [-0.1, -0.05) is 0 Å². The number of nitrogens with zero attached hydrogens (tertiary/aromatic N) is 3. The van der Waals surface area contributed by atoms with Crippen LogP contribution in [0.1, 0.15) is 11.4 Å². The fourth-order valence-corrected chi connectivity index (χ4v) is 4.23. The van der Waals surface area contributed by atoms with Gasteiger partial charge in [-0.15, -0.1) is 0 Å². The third-order valence-electron chi connectivity index (χ3n) is 4.14. The van der Waals surface area contributed by atoms with Crippen molar-refractivity contribution < 1.29 is 17.9 Å². The number of amides is 1. The van der Waals surface area contributed by atoms with E-state index >= 15 is 0 Å². The van der Waals surface area contributed by atoms with Gasteiger partial charge in [0.05, 0.1) is 23.8 Å². The van der Waals surface area contributed by atoms with Crippen molar-refractivity contribution in [3.63, 3.8) is 0 Å². The molecular weight excluding hydrogens is 356 g/mol. The summed E-state index contributed by atoms with van der Waals surface area (Å²) in [4.78, 5) is 12.4. The molecule has 1 saturated heterocycles. The summed E-state index contributed by atoms with van der Waals surface area (Å²) in [5.41, 5.74) is 2.30. The molecule has 1 aliphatic rings. The number of morpholine rings is 1. The number of carbonyl (C=O) groups is 1. The van der Waals surface area contributed by atoms with Crippen molar-refractivity contribution in [2.45, 2.75) is 25.3 Å². The third kappa shape index (κ3) is 4.12. The van der Waals surface area contributed by atoms with E-state index in [-0.39, 0.29) is 17.3 Å². The zero-order chi connectivity index (χ0) is 18.7. The fourth-order valence-electron chi connectivity index (χ4n) is 2.82. The van der Waals surface area contributed by atoms with Crippen LogP contribution in [0, 0.1) is 13.8 Å². The van der Waals surface area contributed by atoms with Crippen molar-refractivity contribution in [1.82, 2.24) is 14.1 Å². The molecule has 1 aliphatic heterocycles. The summed E-state index contributed by atoms with van der Waals surface area (Å²) in [6, 6.07) is 8.09. The third-order valence-corrected chi connectivity index (χ3v) is 6.06. The standard InChI is InChI=1S/C17H22N4O4S/c1-13-11-14(2)21(19-13)12-17(22)18-15-3-5-16(6-4-15)26(23,24)20-7-9-25-10-8-20/h3-6,11H,7-10,12H2,1-2H3,(H,18,22). The molecule has 2 heterocycles. The van der Waals surface area contributed by atoms with Gasteiger partial charge in [-0.05, 0) is 44.2 Å². The Morgan fingerprint density at radius 1 is 1.19 bits per heavy atom. The van der Waals surface area contributed by atoms with Gasteiger partial charge in [-0.2, -0.15) is 9.40 Å². The van der Waals surface area contributed by atoms with Gasteiger partial charge in [-0.3, -0.25) is 9.48 Å². The van der Waals surface area contributed by atoms with Crippen molar-refractivity contribution in [2.24, 2.45) is 0 Å². The highest BCUT2D eigenvalue weighted by atomic mass is 32.2. The molecule has 1 fully saturated rings. The highest BCUT2D eigenvalue weighted by Crippen LogP contribution is 2.19. The summed E-state index contributed by atoms with van der Waals surface area (Å²) >= 11 is 0. The highest BCUT2D eigenvalue weighted by molar-refractivity contribution is 7.89. The Kier molecular flexibility index (Phi) is 5.40. The Morgan fingerprint density at radius 2 is 1.85 bits per heavy atom. The van der Waals surface area contributed by atoms with Crippen LogP contribution < -0.4 is 5.32 Å². The molecule has 2 aromatic rings. The zero-order valence-corrected chi connectivity index (χ0v) is 15.6. The van der Waals surface area contributed by atoms with E-state index in [9.17, 15) is 13.2 Å². The molecule has 8 nitrogen and oxygen atoms in total. The maximum Gasteiger partial charge on any atom is 0.246 e. The topological polar surface area (TPSA) is 93.5 Å². The predicted octanol–water partition coefficient (Wildman–Crippen LogP) is 1.16. The number of nitrogens with one attached hydrogen (secondary N) is 1. The van der Waals surface area contributed by atoms with Crippen LogP contribution in [0.25, 0.3) is 0 Å². The molecule has 26 heavy (non-hydrogen) atoms. The molecule has 1 amide bonds. The van der Waals surface area contributed by atoms with Crippen molar-refractivity contribution in [3.8, 4) is 0 Å². The summed E-state index contributed by atoms with van der Waals surface area (Å²) in [7, 11) is -3.53. The number of carbonyl (C=O) groups excluding carboxylic acids is 1. The first-order chi connectivity index (χ1) is 12.4. The minimum absolute atomic E-state index is 0.105. The van der Waals surface area contributed by atoms with E-state index in [2.05, 4.69) is 10.4 Å². The van der Waals surface area contributed by atoms with Crippen LogP contribution in [0.5, 0.6) is 0 Å². The lowest BCUT2D eigenvalue weighted by Crippen LogP contribution is -2.40. The van der Waals surface area contributed by atoms with Gasteiger partial charge < -0.3 is 10.1 Å². The molecule has 0 bridgehead atoms. The molecule has 0 atom stereocenters. The highest BCUT2D eigenvalue weighted by Gasteiger charge is 2.26. The van der Waals surface area contributed by atoms with Crippen LogP contribution in [0.2, 0.25) is 0 Å². The Morgan fingerprint density at radius 3 is 2.42 bits per heavy atom. The smallest absolute Gasteiger partial charge is 0.246 e. The maximum atomic E-state index is 12.6. The van der Waals surface area contributed by atoms with Crippen molar-refractivity contribution in [1.29, 1.82) is 0 Å². The Balaban J connectivity index is 1.65. The summed E-state index contributed by atoms with van der Waals surface area (Å²) < 4.78 is 33.4. The molecule has 1 aromatic carbocycles. The number of ether oxygens (including phenoxy) is 1. The largest absolute Gasteiger partial charge is 0.379 e. The molecule has 0 spiro atoms. The minimum Gasteiger partial charge on any atom is -0.379 e. The monoisotopic (exact) mass is 378 g/mol. The van der Waals surface area contributed by atoms with Crippen LogP contribution in [0.15, 0.2) is 35.2 Å². The van der Waals surface area contributed by atoms with Gasteiger partial charge in [0, 0.05) is 24.5 Å². The number of aromatic nitrogens is 2. The van der Waals surface area contributed by atoms with Crippen molar-refractivity contribution in [3.05, 3.63) is 41.7 Å². The van der Waals surface area contributed by atoms with E-state index in [1.165, 1.54) is 16.4 Å². The van der Waals surface area contributed by atoms with E-state index in [1.54, 1.807) is 16.8 Å². The minimum atomic E-state index is -3.53. The lowest BCUT2D eigenvalue weighted by atomic mass is 10.3. The number of aryl methyl sites for hydroxylation is 2. The number of anilines is 1. The normalized spacial score (nSPS) is 15.8. The second-order valence-corrected chi connectivity index (χ2v) is 8.11. The van der Waals surface area contributed by atoms with Crippen LogP contribution >= 0.6 is 0 Å². The molecule has 1 aromatic heterocycles. The summed E-state index contributed by atoms with van der Waals surface area (Å²) in [6.45, 7) is 5.37. The summed E-state index contributed by atoms with van der Waals surface area (Å²) in [5.74, 6) is -0.222. The molecule has 140 valence electrons. The first-order valence-corrected chi connectivity index (χ1v) is 9.79. The number of sulfonamides is 1. The number of hydrogen-bond donors (Lipinski definition) is 1. The lowest BCUT2D eigenvalue weighted by molar-refractivity contribution is -0.116. The van der Waals surface area contributed by atoms with Crippen LogP contribution in [0.3, 0.4) is 0 Å². The van der Waals surface area contributed by atoms with Gasteiger partial charge in [0.1, 0.15) is 6.54 Å². The quantitative estimate of drug-likeness (QED) is 0.843. The van der Waals surface area contributed by atoms with Crippen molar-refractivity contribution >= 4 is 21.6 Å². The molecule has 0 unspecified atom stereocenters. The number of benzene rings is 1. The van der Waals surface area contributed by atoms with Gasteiger partial charge >= 0.3 is 0 Å². The summed E-state index contributed by atoms with van der Waals surface area (Å²) in [5, 5.41) is 7.01. The second kappa shape index (κ2) is 7.56. The van der Waals surface area contributed by atoms with E-state index in [0.29, 0.717) is 32.0 Å². The van der Waals surface area contributed by atoms with Crippen LogP contribution in [0.4, 0.5) is 5.69 Å². The molecule has 0 aliphatic carbocycles. The first kappa shape index (κ1) is 18.6. The van der Waals surface area contributed by atoms with E-state index in [4.69, 9.17) is 4.74 Å². The van der Waals surface area contributed by atoms with Crippen LogP contribution in [-0.4, -0.2) is 54.7 Å². The molecule has 0 saturated carbocycles. The zero-order valence-electron chi connectivity index (χ0n) is 14.8. The lowest BCUT2D eigenvalue weighted by Gasteiger charge is -2.26. The SMILES string of the molecule is Cc1cc(C)n(CC(=O)Nc2ccc(S(=O)(=O)N3CCOCC3)cc2)n1. The predicted molar refractivity (Wildman–Crippen MR) is 96.4 cm³/mol. The van der Waals surface area contributed by atoms with Gasteiger partial charge in [0.15, 0.2) is 0 Å². The Hall–Kier alpha value is -2.23. The first-order valence-electron chi connectivity index (χ1n) is 8.35. The summed E-state index contributed by atoms with van der Waals surface area (Å²) in [6.07, 6.45) is 0. The van der Waals surface area contributed by atoms with E-state index < -0.39 is 10.0 Å². The molecule has 0 radical (unpaired) electrons. The molecule has 3 rings (SSSR count). The molecule has 1 N–H and O–H groups in total. The molecular formula is C17H22N4O4S. The van der Waals surface area contributed by atoms with Gasteiger partial charge in [-0.25, -0.2) is 8.42 Å². The van der Waals surface area contributed by atoms with Gasteiger partial charge in [0.2, 0.25) is 15.9 Å². The average Bonchev–Trinajstić information content (AvgIpc) is 2.93. The van der Waals surface area contributed by atoms with E-state index in [0.717, 1.165) is 11.4 Å². The molecule has 9 heteroatoms. The van der Waals surface area contributed by atoms with Crippen LogP contribution in [-0.2, 0) is 26.1 Å². The van der Waals surface area contributed by atoms with Crippen molar-refractivity contribution in [2.75, 3.05) is 31.6 Å². The number of hydrogen-bond acceptors (Lipinski definition) is 5. The van der Waals surface area contributed by atoms with Gasteiger partial charge in [0.25, 0.3) is 0 Å². The fraction of sp³-hybridized carbons (Fsp3) is 0.412. The second-order valence-electron chi connectivity index (χ2n) is 6.17. The Bertz CT molecular complexity index is 884. The Labute approximate surface area is 152 Å². The maximum absolute atomic E-state index is 12.6. The average molecular weight is 378 g/mol. The number of rotatable bonds is 5. The van der Waals surface area contributed by atoms with E-state index in [1.807, 2.05) is 19.9 Å².